The lowest BCUT2D eigenvalue weighted by Crippen LogP contribution is -2.45. The zero-order chi connectivity index (χ0) is 15.5. The van der Waals surface area contributed by atoms with Crippen LogP contribution in [0, 0.1) is 6.92 Å². The monoisotopic (exact) mass is 307 g/mol. The predicted molar refractivity (Wildman–Crippen MR) is 81.6 cm³/mol. The highest BCUT2D eigenvalue weighted by atomic mass is 16.5. The third kappa shape index (κ3) is 3.67. The minimum Gasteiger partial charge on any atom is -0.376 e. The maximum absolute atomic E-state index is 12.2. The Balaban J connectivity index is 1.45. The van der Waals surface area contributed by atoms with Crippen molar-refractivity contribution in [3.05, 3.63) is 17.7 Å². The molecule has 0 bridgehead atoms. The summed E-state index contributed by atoms with van der Waals surface area (Å²) in [6.45, 7) is 5.91. The molecule has 1 aromatic rings. The SMILES string of the molecule is Cc1cn2c(n1)CC[C@H](NC(=O)[C@H](C)OC[C@H]1CCCO1)C2. The smallest absolute Gasteiger partial charge is 0.249 e. The van der Waals surface area contributed by atoms with E-state index in [2.05, 4.69) is 14.9 Å². The number of aryl methyl sites for hydroxylation is 2. The highest BCUT2D eigenvalue weighted by molar-refractivity contribution is 5.80. The molecular weight excluding hydrogens is 282 g/mol. The molecule has 3 rings (SSSR count). The summed E-state index contributed by atoms with van der Waals surface area (Å²) in [6, 6.07) is 0.155. The second-order valence-corrected chi connectivity index (χ2v) is 6.31. The number of nitrogens with zero attached hydrogens (tertiary/aromatic N) is 2. The summed E-state index contributed by atoms with van der Waals surface area (Å²) in [6.07, 6.45) is 5.72. The zero-order valence-electron chi connectivity index (χ0n) is 13.4. The number of imidazole rings is 1. The van der Waals surface area contributed by atoms with Gasteiger partial charge in [0.1, 0.15) is 11.9 Å². The lowest BCUT2D eigenvalue weighted by Gasteiger charge is -2.26. The van der Waals surface area contributed by atoms with Crippen LogP contribution < -0.4 is 5.32 Å². The van der Waals surface area contributed by atoms with Gasteiger partial charge in [-0.25, -0.2) is 4.98 Å². The third-order valence-corrected chi connectivity index (χ3v) is 4.38. The van der Waals surface area contributed by atoms with Crippen molar-refractivity contribution in [1.82, 2.24) is 14.9 Å². The fourth-order valence-corrected chi connectivity index (χ4v) is 3.13. The molecule has 0 saturated carbocycles. The fraction of sp³-hybridized carbons (Fsp3) is 0.750. The molecule has 3 heterocycles. The number of hydrogen-bond donors (Lipinski definition) is 1. The van der Waals surface area contributed by atoms with Crippen molar-refractivity contribution >= 4 is 5.91 Å². The molecule has 0 aliphatic carbocycles. The average molecular weight is 307 g/mol. The van der Waals surface area contributed by atoms with Gasteiger partial charge < -0.3 is 19.4 Å². The number of hydrogen-bond acceptors (Lipinski definition) is 4. The minimum atomic E-state index is -0.435. The first-order valence-corrected chi connectivity index (χ1v) is 8.18. The van der Waals surface area contributed by atoms with E-state index < -0.39 is 6.10 Å². The van der Waals surface area contributed by atoms with Crippen LogP contribution in [-0.4, -0.2) is 46.9 Å². The van der Waals surface area contributed by atoms with E-state index in [0.29, 0.717) is 6.61 Å². The second kappa shape index (κ2) is 6.79. The predicted octanol–water partition coefficient (Wildman–Crippen LogP) is 1.21. The van der Waals surface area contributed by atoms with E-state index >= 15 is 0 Å². The van der Waals surface area contributed by atoms with Gasteiger partial charge in [-0.15, -0.1) is 0 Å². The Morgan fingerprint density at radius 2 is 2.45 bits per heavy atom. The molecular formula is C16H25N3O3. The summed E-state index contributed by atoms with van der Waals surface area (Å²) in [5, 5.41) is 3.09. The molecule has 0 radical (unpaired) electrons. The summed E-state index contributed by atoms with van der Waals surface area (Å²) in [4.78, 5) is 16.7. The first kappa shape index (κ1) is 15.5. The van der Waals surface area contributed by atoms with E-state index in [9.17, 15) is 4.79 Å². The van der Waals surface area contributed by atoms with Gasteiger partial charge in [-0.3, -0.25) is 4.79 Å². The van der Waals surface area contributed by atoms with E-state index in [1.165, 1.54) is 0 Å². The number of aromatic nitrogens is 2. The highest BCUT2D eigenvalue weighted by Gasteiger charge is 2.24. The van der Waals surface area contributed by atoms with Gasteiger partial charge in [0.05, 0.1) is 18.4 Å². The number of ether oxygens (including phenoxy) is 2. The van der Waals surface area contributed by atoms with Crippen LogP contribution in [0.2, 0.25) is 0 Å². The Bertz CT molecular complexity index is 523. The van der Waals surface area contributed by atoms with Crippen LogP contribution in [0.3, 0.4) is 0 Å². The third-order valence-electron chi connectivity index (χ3n) is 4.38. The highest BCUT2D eigenvalue weighted by Crippen LogP contribution is 2.16. The quantitative estimate of drug-likeness (QED) is 0.888. The van der Waals surface area contributed by atoms with Crippen LogP contribution in [0.4, 0.5) is 0 Å². The molecule has 1 saturated heterocycles. The standard InChI is InChI=1S/C16H25N3O3/c1-11-8-19-9-13(5-6-15(19)17-11)18-16(20)12(2)22-10-14-4-3-7-21-14/h8,12-14H,3-7,9-10H2,1-2H3,(H,18,20)/t12-,13-,14+/m0/s1. The maximum Gasteiger partial charge on any atom is 0.249 e. The fourth-order valence-electron chi connectivity index (χ4n) is 3.13. The van der Waals surface area contributed by atoms with E-state index in [-0.39, 0.29) is 18.1 Å². The van der Waals surface area contributed by atoms with Gasteiger partial charge in [-0.1, -0.05) is 0 Å². The molecule has 0 spiro atoms. The van der Waals surface area contributed by atoms with Crippen molar-refractivity contribution in [2.75, 3.05) is 13.2 Å². The van der Waals surface area contributed by atoms with Crippen LogP contribution in [0.1, 0.15) is 37.7 Å². The van der Waals surface area contributed by atoms with Crippen molar-refractivity contribution < 1.29 is 14.3 Å². The molecule has 2 aliphatic heterocycles. The summed E-state index contributed by atoms with van der Waals surface area (Å²) < 4.78 is 13.3. The van der Waals surface area contributed by atoms with Crippen molar-refractivity contribution in [2.45, 2.75) is 64.3 Å². The van der Waals surface area contributed by atoms with Crippen molar-refractivity contribution in [1.29, 1.82) is 0 Å². The van der Waals surface area contributed by atoms with Crippen molar-refractivity contribution in [3.8, 4) is 0 Å². The van der Waals surface area contributed by atoms with E-state index in [1.54, 1.807) is 6.92 Å². The molecule has 1 N–H and O–H groups in total. The van der Waals surface area contributed by atoms with Gasteiger partial charge in [0.15, 0.2) is 0 Å². The molecule has 1 aromatic heterocycles. The molecule has 2 aliphatic rings. The molecule has 0 aromatic carbocycles. The topological polar surface area (TPSA) is 65.4 Å². The van der Waals surface area contributed by atoms with Gasteiger partial charge in [0.2, 0.25) is 5.91 Å². The Kier molecular flexibility index (Phi) is 4.78. The van der Waals surface area contributed by atoms with Gasteiger partial charge in [-0.05, 0) is 33.1 Å². The Hall–Kier alpha value is -1.40. The summed E-state index contributed by atoms with van der Waals surface area (Å²) in [5.41, 5.74) is 1.04. The first-order valence-electron chi connectivity index (χ1n) is 8.18. The molecule has 3 atom stereocenters. The Morgan fingerprint density at radius 3 is 3.23 bits per heavy atom. The molecule has 1 amide bonds. The summed E-state index contributed by atoms with van der Waals surface area (Å²) in [5.74, 6) is 1.08. The first-order chi connectivity index (χ1) is 10.6. The van der Waals surface area contributed by atoms with Crippen LogP contribution >= 0.6 is 0 Å². The van der Waals surface area contributed by atoms with Crippen LogP contribution in [0.25, 0.3) is 0 Å². The van der Waals surface area contributed by atoms with Crippen LogP contribution in [-0.2, 0) is 27.2 Å². The van der Waals surface area contributed by atoms with Gasteiger partial charge in [-0.2, -0.15) is 0 Å². The van der Waals surface area contributed by atoms with Crippen molar-refractivity contribution in [3.63, 3.8) is 0 Å². The van der Waals surface area contributed by atoms with Crippen LogP contribution in [0.15, 0.2) is 6.20 Å². The maximum atomic E-state index is 12.2. The van der Waals surface area contributed by atoms with Gasteiger partial charge >= 0.3 is 0 Å². The summed E-state index contributed by atoms with van der Waals surface area (Å²) >= 11 is 0. The molecule has 6 heteroatoms. The molecule has 122 valence electrons. The number of fused-ring (bicyclic) bond motifs is 1. The van der Waals surface area contributed by atoms with E-state index in [4.69, 9.17) is 9.47 Å². The number of nitrogens with one attached hydrogen (secondary N) is 1. The lowest BCUT2D eigenvalue weighted by molar-refractivity contribution is -0.134. The lowest BCUT2D eigenvalue weighted by atomic mass is 10.1. The molecule has 6 nitrogen and oxygen atoms in total. The van der Waals surface area contributed by atoms with E-state index in [0.717, 1.165) is 50.4 Å². The van der Waals surface area contributed by atoms with Crippen LogP contribution in [0.5, 0.6) is 0 Å². The number of carbonyl (C=O) groups excluding carboxylic acids is 1. The molecule has 22 heavy (non-hydrogen) atoms. The van der Waals surface area contributed by atoms with Gasteiger partial charge in [0.25, 0.3) is 0 Å². The molecule has 1 fully saturated rings. The normalized spacial score (nSPS) is 25.7. The second-order valence-electron chi connectivity index (χ2n) is 6.31. The average Bonchev–Trinajstić information content (AvgIpc) is 3.12. The minimum absolute atomic E-state index is 0.0386. The molecule has 0 unspecified atom stereocenters. The largest absolute Gasteiger partial charge is 0.376 e. The Morgan fingerprint density at radius 1 is 1.59 bits per heavy atom. The van der Waals surface area contributed by atoms with Crippen molar-refractivity contribution in [2.24, 2.45) is 0 Å². The Labute approximate surface area is 131 Å². The summed E-state index contributed by atoms with van der Waals surface area (Å²) in [7, 11) is 0. The number of carbonyl (C=O) groups is 1. The van der Waals surface area contributed by atoms with Gasteiger partial charge in [0, 0.05) is 31.8 Å². The zero-order valence-corrected chi connectivity index (χ0v) is 13.4. The number of rotatable bonds is 5. The number of amides is 1. The van der Waals surface area contributed by atoms with E-state index in [1.807, 2.05) is 13.1 Å².